The Bertz CT molecular complexity index is 650. The Balaban J connectivity index is 2.61. The van der Waals surface area contributed by atoms with E-state index in [2.05, 4.69) is 0 Å². The fourth-order valence-corrected chi connectivity index (χ4v) is 2.53. The number of hydrogen-bond acceptors (Lipinski definition) is 3. The number of primary amides is 2. The number of benzene rings is 1. The van der Waals surface area contributed by atoms with Crippen LogP contribution in [-0.2, 0) is 14.4 Å². The van der Waals surface area contributed by atoms with E-state index in [1.807, 2.05) is 19.1 Å². The van der Waals surface area contributed by atoms with Crippen molar-refractivity contribution in [3.8, 4) is 0 Å². The van der Waals surface area contributed by atoms with Crippen molar-refractivity contribution in [1.29, 1.82) is 0 Å². The summed E-state index contributed by atoms with van der Waals surface area (Å²) in [4.78, 5) is 36.4. The van der Waals surface area contributed by atoms with E-state index in [0.717, 1.165) is 5.56 Å². The van der Waals surface area contributed by atoms with E-state index in [1.165, 1.54) is 6.92 Å². The largest absolute Gasteiger partial charge is 0.369 e. The normalized spacial score (nSPS) is 13.7. The average molecular weight is 287 g/mol. The molecule has 1 aromatic carbocycles. The first-order valence-corrected chi connectivity index (χ1v) is 6.50. The molecule has 0 spiro atoms. The lowest BCUT2D eigenvalue weighted by molar-refractivity contribution is -0.129. The van der Waals surface area contributed by atoms with E-state index >= 15 is 0 Å². The van der Waals surface area contributed by atoms with Gasteiger partial charge in [0, 0.05) is 19.0 Å². The maximum absolute atomic E-state index is 11.7. The summed E-state index contributed by atoms with van der Waals surface area (Å²) < 4.78 is 0. The van der Waals surface area contributed by atoms with Crippen LogP contribution in [0.3, 0.4) is 0 Å². The molecule has 0 radical (unpaired) electrons. The van der Waals surface area contributed by atoms with Crippen molar-refractivity contribution in [2.75, 3.05) is 11.4 Å². The molecule has 4 N–H and O–H groups in total. The first-order valence-electron chi connectivity index (χ1n) is 6.50. The molecular formula is C15H17N3O3. The van der Waals surface area contributed by atoms with Gasteiger partial charge in [0.15, 0.2) is 0 Å². The van der Waals surface area contributed by atoms with Gasteiger partial charge in [0.05, 0.1) is 5.69 Å². The van der Waals surface area contributed by atoms with Crippen LogP contribution in [0.25, 0.3) is 5.57 Å². The predicted molar refractivity (Wildman–Crippen MR) is 79.1 cm³/mol. The summed E-state index contributed by atoms with van der Waals surface area (Å²) in [7, 11) is 0. The molecular weight excluding hydrogens is 270 g/mol. The number of carbonyl (C=O) groups is 3. The van der Waals surface area contributed by atoms with E-state index in [4.69, 9.17) is 11.5 Å². The second kappa shape index (κ2) is 5.40. The number of amides is 3. The van der Waals surface area contributed by atoms with E-state index in [-0.39, 0.29) is 12.5 Å². The van der Waals surface area contributed by atoms with Crippen LogP contribution >= 0.6 is 0 Å². The van der Waals surface area contributed by atoms with Gasteiger partial charge < -0.3 is 16.4 Å². The lowest BCUT2D eigenvalue weighted by Crippen LogP contribution is -2.39. The monoisotopic (exact) mass is 287 g/mol. The van der Waals surface area contributed by atoms with Crippen LogP contribution < -0.4 is 16.4 Å². The Hall–Kier alpha value is -2.63. The van der Waals surface area contributed by atoms with Crippen LogP contribution in [0.15, 0.2) is 24.3 Å². The molecule has 0 fully saturated rings. The first-order chi connectivity index (χ1) is 9.82. The molecule has 0 unspecified atom stereocenters. The van der Waals surface area contributed by atoms with Gasteiger partial charge in [0.2, 0.25) is 17.7 Å². The van der Waals surface area contributed by atoms with Gasteiger partial charge in [-0.25, -0.2) is 0 Å². The molecule has 3 amide bonds. The summed E-state index contributed by atoms with van der Waals surface area (Å²) in [6, 6.07) is 5.47. The summed E-state index contributed by atoms with van der Waals surface area (Å²) in [5, 5.41) is 0. The molecule has 0 atom stereocenters. The number of hydrogen-bond donors (Lipinski definition) is 2. The van der Waals surface area contributed by atoms with Crippen molar-refractivity contribution in [3.05, 3.63) is 35.4 Å². The van der Waals surface area contributed by atoms with Gasteiger partial charge in [-0.1, -0.05) is 17.7 Å². The van der Waals surface area contributed by atoms with E-state index in [1.54, 1.807) is 17.0 Å². The Kier molecular flexibility index (Phi) is 3.80. The first kappa shape index (κ1) is 14.8. The number of fused-ring (bicyclic) bond motifs is 1. The zero-order valence-electron chi connectivity index (χ0n) is 11.9. The molecule has 1 aromatic rings. The van der Waals surface area contributed by atoms with E-state index in [0.29, 0.717) is 16.8 Å². The van der Waals surface area contributed by atoms with Crippen LogP contribution in [0.2, 0.25) is 0 Å². The maximum atomic E-state index is 11.7. The number of carbonyl (C=O) groups excluding carboxylic acids is 3. The Morgan fingerprint density at radius 1 is 1.19 bits per heavy atom. The van der Waals surface area contributed by atoms with Crippen LogP contribution in [0.5, 0.6) is 0 Å². The highest BCUT2D eigenvalue weighted by Crippen LogP contribution is 2.36. The van der Waals surface area contributed by atoms with E-state index in [9.17, 15) is 14.4 Å². The Morgan fingerprint density at radius 2 is 1.81 bits per heavy atom. The highest BCUT2D eigenvalue weighted by molar-refractivity contribution is 6.12. The topological polar surface area (TPSA) is 106 Å². The SMILES string of the molecule is CC(=O)N1CC=C(C(C(N)=O)C(N)=O)c2cc(C)ccc21. The number of aryl methyl sites for hydroxylation is 1. The zero-order valence-corrected chi connectivity index (χ0v) is 11.9. The molecule has 1 aliphatic rings. The fraction of sp³-hybridized carbons (Fsp3) is 0.267. The second-order valence-electron chi connectivity index (χ2n) is 5.05. The third-order valence-electron chi connectivity index (χ3n) is 3.51. The van der Waals surface area contributed by atoms with Gasteiger partial charge in [-0.2, -0.15) is 0 Å². The molecule has 0 bridgehead atoms. The van der Waals surface area contributed by atoms with Gasteiger partial charge in [0.25, 0.3) is 0 Å². The number of rotatable bonds is 3. The molecule has 6 heteroatoms. The van der Waals surface area contributed by atoms with Crippen molar-refractivity contribution in [3.63, 3.8) is 0 Å². The Morgan fingerprint density at radius 3 is 2.33 bits per heavy atom. The summed E-state index contributed by atoms with van der Waals surface area (Å²) in [5.41, 5.74) is 13.3. The highest BCUT2D eigenvalue weighted by atomic mass is 16.2. The van der Waals surface area contributed by atoms with Gasteiger partial charge in [0.1, 0.15) is 5.92 Å². The fourth-order valence-electron chi connectivity index (χ4n) is 2.53. The van der Waals surface area contributed by atoms with Crippen molar-refractivity contribution >= 4 is 29.0 Å². The molecule has 0 saturated heterocycles. The average Bonchev–Trinajstić information content (AvgIpc) is 2.37. The lowest BCUT2D eigenvalue weighted by Gasteiger charge is -2.30. The minimum Gasteiger partial charge on any atom is -0.369 e. The van der Waals surface area contributed by atoms with Crippen molar-refractivity contribution in [2.45, 2.75) is 13.8 Å². The minimum absolute atomic E-state index is 0.120. The summed E-state index contributed by atoms with van der Waals surface area (Å²) in [6.45, 7) is 3.62. The molecule has 21 heavy (non-hydrogen) atoms. The summed E-state index contributed by atoms with van der Waals surface area (Å²) in [5.74, 6) is -2.90. The predicted octanol–water partition coefficient (Wildman–Crippen LogP) is 0.332. The third kappa shape index (κ3) is 2.65. The molecule has 2 rings (SSSR count). The number of nitrogens with zero attached hydrogens (tertiary/aromatic N) is 1. The maximum Gasteiger partial charge on any atom is 0.234 e. The molecule has 1 aliphatic heterocycles. The van der Waals surface area contributed by atoms with Gasteiger partial charge >= 0.3 is 0 Å². The minimum atomic E-state index is -1.19. The Labute approximate surface area is 122 Å². The van der Waals surface area contributed by atoms with Gasteiger partial charge in [-0.15, -0.1) is 0 Å². The van der Waals surface area contributed by atoms with Crippen LogP contribution in [0, 0.1) is 12.8 Å². The molecule has 0 aliphatic carbocycles. The molecule has 110 valence electrons. The highest BCUT2D eigenvalue weighted by Gasteiger charge is 2.32. The lowest BCUT2D eigenvalue weighted by atomic mass is 9.86. The van der Waals surface area contributed by atoms with Crippen molar-refractivity contribution in [2.24, 2.45) is 17.4 Å². The molecule has 1 heterocycles. The number of nitrogens with two attached hydrogens (primary N) is 2. The second-order valence-corrected chi connectivity index (χ2v) is 5.05. The van der Waals surface area contributed by atoms with Gasteiger partial charge in [-0.05, 0) is 24.6 Å². The van der Waals surface area contributed by atoms with Gasteiger partial charge in [-0.3, -0.25) is 14.4 Å². The summed E-state index contributed by atoms with van der Waals surface area (Å²) >= 11 is 0. The molecule has 0 saturated carbocycles. The quantitative estimate of drug-likeness (QED) is 0.782. The zero-order chi connectivity index (χ0) is 15.7. The van der Waals surface area contributed by atoms with Crippen molar-refractivity contribution in [1.82, 2.24) is 0 Å². The standard InChI is InChI=1S/C15H17N3O3/c1-8-3-4-12-11(7-8)10(5-6-18(12)9(2)19)13(14(16)20)15(17)21/h3-5,7,13H,6H2,1-2H3,(H2,16,20)(H2,17,21). The van der Waals surface area contributed by atoms with Crippen LogP contribution in [0.4, 0.5) is 5.69 Å². The molecule has 6 nitrogen and oxygen atoms in total. The summed E-state index contributed by atoms with van der Waals surface area (Å²) in [6.07, 6.45) is 1.66. The smallest absolute Gasteiger partial charge is 0.234 e. The van der Waals surface area contributed by atoms with Crippen LogP contribution in [-0.4, -0.2) is 24.3 Å². The molecule has 0 aromatic heterocycles. The third-order valence-corrected chi connectivity index (χ3v) is 3.51. The number of anilines is 1. The van der Waals surface area contributed by atoms with Crippen molar-refractivity contribution < 1.29 is 14.4 Å². The van der Waals surface area contributed by atoms with E-state index < -0.39 is 17.7 Å². The van der Waals surface area contributed by atoms with Crippen LogP contribution in [0.1, 0.15) is 18.1 Å².